The zero-order valence-electron chi connectivity index (χ0n) is 14.0. The van der Waals surface area contributed by atoms with Gasteiger partial charge in [-0.1, -0.05) is 28.1 Å². The maximum Gasteiger partial charge on any atom is 0.262 e. The van der Waals surface area contributed by atoms with E-state index in [0.29, 0.717) is 15.7 Å². The molecule has 0 aromatic heterocycles. The van der Waals surface area contributed by atoms with Crippen molar-refractivity contribution in [2.24, 2.45) is 0 Å². The van der Waals surface area contributed by atoms with Crippen LogP contribution in [-0.2, 0) is 4.79 Å². The van der Waals surface area contributed by atoms with E-state index in [4.69, 9.17) is 4.74 Å². The second-order valence-electron chi connectivity index (χ2n) is 5.96. The van der Waals surface area contributed by atoms with E-state index in [0.717, 1.165) is 25.9 Å². The number of benzene rings is 2. The Morgan fingerprint density at radius 2 is 1.88 bits per heavy atom. The van der Waals surface area contributed by atoms with Crippen molar-refractivity contribution in [2.75, 3.05) is 25.0 Å². The molecule has 2 aromatic rings. The first-order valence-corrected chi connectivity index (χ1v) is 9.10. The Balaban J connectivity index is 1.65. The molecule has 136 valence electrons. The van der Waals surface area contributed by atoms with Crippen molar-refractivity contribution < 1.29 is 18.7 Å². The largest absolute Gasteiger partial charge is 0.481 e. The van der Waals surface area contributed by atoms with Crippen molar-refractivity contribution in [2.45, 2.75) is 12.8 Å². The summed E-state index contributed by atoms with van der Waals surface area (Å²) >= 11 is 3.16. The molecular formula is C19H18BrFN2O3. The number of halogens is 2. The van der Waals surface area contributed by atoms with Gasteiger partial charge < -0.3 is 15.0 Å². The standard InChI is InChI=1S/C19H18BrFN2O3/c20-13-7-8-17(15(21)11-13)26-12-18(24)22-16-6-2-1-5-14(16)19(25)23-9-3-4-10-23/h1-2,5-8,11H,3-4,9-10,12H2,(H,22,24). The maximum absolute atomic E-state index is 13.7. The van der Waals surface area contributed by atoms with E-state index in [-0.39, 0.29) is 18.3 Å². The van der Waals surface area contributed by atoms with Gasteiger partial charge >= 0.3 is 0 Å². The van der Waals surface area contributed by atoms with E-state index < -0.39 is 11.7 Å². The highest BCUT2D eigenvalue weighted by atomic mass is 79.9. The molecule has 1 aliphatic rings. The summed E-state index contributed by atoms with van der Waals surface area (Å²) in [6.45, 7) is 1.10. The molecule has 7 heteroatoms. The lowest BCUT2D eigenvalue weighted by atomic mass is 10.1. The van der Waals surface area contributed by atoms with Crippen LogP contribution < -0.4 is 10.1 Å². The average molecular weight is 421 g/mol. The minimum Gasteiger partial charge on any atom is -0.481 e. The molecule has 1 heterocycles. The molecule has 0 aliphatic carbocycles. The van der Waals surface area contributed by atoms with Gasteiger partial charge in [-0.25, -0.2) is 4.39 Å². The molecule has 5 nitrogen and oxygen atoms in total. The Bertz CT molecular complexity index is 822. The molecule has 1 N–H and O–H groups in total. The number of rotatable bonds is 5. The molecule has 2 aromatic carbocycles. The Morgan fingerprint density at radius 1 is 1.15 bits per heavy atom. The van der Waals surface area contributed by atoms with Crippen LogP contribution in [0.15, 0.2) is 46.9 Å². The van der Waals surface area contributed by atoms with Gasteiger partial charge in [0.15, 0.2) is 18.2 Å². The van der Waals surface area contributed by atoms with Crippen molar-refractivity contribution in [1.29, 1.82) is 0 Å². The van der Waals surface area contributed by atoms with E-state index in [2.05, 4.69) is 21.2 Å². The quantitative estimate of drug-likeness (QED) is 0.798. The van der Waals surface area contributed by atoms with Gasteiger partial charge in [0.2, 0.25) is 0 Å². The fourth-order valence-electron chi connectivity index (χ4n) is 2.79. The van der Waals surface area contributed by atoms with Crippen LogP contribution in [0.4, 0.5) is 10.1 Å². The first-order chi connectivity index (χ1) is 12.5. The molecule has 0 spiro atoms. The van der Waals surface area contributed by atoms with Gasteiger partial charge in [-0.05, 0) is 43.2 Å². The number of carbonyl (C=O) groups excluding carboxylic acids is 2. The topological polar surface area (TPSA) is 58.6 Å². The van der Waals surface area contributed by atoms with Crippen LogP contribution >= 0.6 is 15.9 Å². The van der Waals surface area contributed by atoms with Crippen molar-refractivity contribution in [3.63, 3.8) is 0 Å². The number of amides is 2. The lowest BCUT2D eigenvalue weighted by molar-refractivity contribution is -0.118. The summed E-state index contributed by atoms with van der Waals surface area (Å²) in [6.07, 6.45) is 1.99. The number of para-hydroxylation sites is 1. The van der Waals surface area contributed by atoms with Gasteiger partial charge in [0.05, 0.1) is 11.3 Å². The van der Waals surface area contributed by atoms with E-state index >= 15 is 0 Å². The molecule has 1 saturated heterocycles. The third-order valence-corrected chi connectivity index (χ3v) is 4.57. The predicted molar refractivity (Wildman–Crippen MR) is 99.8 cm³/mol. The number of hydrogen-bond acceptors (Lipinski definition) is 3. The van der Waals surface area contributed by atoms with E-state index in [1.165, 1.54) is 12.1 Å². The van der Waals surface area contributed by atoms with Gasteiger partial charge in [-0.2, -0.15) is 0 Å². The molecule has 0 radical (unpaired) electrons. The molecule has 0 atom stereocenters. The van der Waals surface area contributed by atoms with Gasteiger partial charge in [0, 0.05) is 17.6 Å². The van der Waals surface area contributed by atoms with Gasteiger partial charge in [0.1, 0.15) is 0 Å². The fraction of sp³-hybridized carbons (Fsp3) is 0.263. The summed E-state index contributed by atoms with van der Waals surface area (Å²) in [5.41, 5.74) is 0.867. The molecule has 1 aliphatic heterocycles. The van der Waals surface area contributed by atoms with Crippen molar-refractivity contribution in [3.05, 3.63) is 58.3 Å². The molecule has 1 fully saturated rings. The van der Waals surface area contributed by atoms with Crippen LogP contribution in [0.25, 0.3) is 0 Å². The van der Waals surface area contributed by atoms with Crippen LogP contribution in [0.2, 0.25) is 0 Å². The highest BCUT2D eigenvalue weighted by Crippen LogP contribution is 2.22. The molecular weight excluding hydrogens is 403 g/mol. The smallest absolute Gasteiger partial charge is 0.262 e. The maximum atomic E-state index is 13.7. The predicted octanol–water partition coefficient (Wildman–Crippen LogP) is 3.84. The van der Waals surface area contributed by atoms with Crippen LogP contribution in [-0.4, -0.2) is 36.4 Å². The number of nitrogens with zero attached hydrogens (tertiary/aromatic N) is 1. The summed E-state index contributed by atoms with van der Waals surface area (Å²) in [6, 6.07) is 11.2. The summed E-state index contributed by atoms with van der Waals surface area (Å²) in [7, 11) is 0. The third kappa shape index (κ3) is 4.40. The number of nitrogens with one attached hydrogen (secondary N) is 1. The first-order valence-electron chi connectivity index (χ1n) is 8.30. The molecule has 26 heavy (non-hydrogen) atoms. The second-order valence-corrected chi connectivity index (χ2v) is 6.87. The van der Waals surface area contributed by atoms with E-state index in [1.54, 1.807) is 35.2 Å². The zero-order valence-corrected chi connectivity index (χ0v) is 15.6. The highest BCUT2D eigenvalue weighted by molar-refractivity contribution is 9.10. The first kappa shape index (κ1) is 18.4. The molecule has 3 rings (SSSR count). The molecule has 0 unspecified atom stereocenters. The summed E-state index contributed by atoms with van der Waals surface area (Å²) < 4.78 is 19.5. The Kier molecular flexibility index (Phi) is 5.88. The number of likely N-dealkylation sites (tertiary alicyclic amines) is 1. The number of hydrogen-bond donors (Lipinski definition) is 1. The monoisotopic (exact) mass is 420 g/mol. The summed E-state index contributed by atoms with van der Waals surface area (Å²) in [4.78, 5) is 26.5. The van der Waals surface area contributed by atoms with Crippen LogP contribution in [0.1, 0.15) is 23.2 Å². The third-order valence-electron chi connectivity index (χ3n) is 4.08. The lowest BCUT2D eigenvalue weighted by Crippen LogP contribution is -2.29. The highest BCUT2D eigenvalue weighted by Gasteiger charge is 2.22. The van der Waals surface area contributed by atoms with Gasteiger partial charge in [0.25, 0.3) is 11.8 Å². The lowest BCUT2D eigenvalue weighted by Gasteiger charge is -2.18. The SMILES string of the molecule is O=C(COc1ccc(Br)cc1F)Nc1ccccc1C(=O)N1CCCC1. The van der Waals surface area contributed by atoms with E-state index in [1.807, 2.05) is 0 Å². The Labute approximate surface area is 159 Å². The van der Waals surface area contributed by atoms with E-state index in [9.17, 15) is 14.0 Å². The Hall–Kier alpha value is -2.41. The molecule has 2 amide bonds. The summed E-state index contributed by atoms with van der Waals surface area (Å²) in [5, 5.41) is 2.67. The fourth-order valence-corrected chi connectivity index (χ4v) is 3.12. The number of carbonyl (C=O) groups is 2. The van der Waals surface area contributed by atoms with Crippen molar-refractivity contribution in [1.82, 2.24) is 4.90 Å². The van der Waals surface area contributed by atoms with Crippen LogP contribution in [0, 0.1) is 5.82 Å². The van der Waals surface area contributed by atoms with Gasteiger partial charge in [-0.15, -0.1) is 0 Å². The van der Waals surface area contributed by atoms with Crippen molar-refractivity contribution >= 4 is 33.4 Å². The second kappa shape index (κ2) is 8.31. The molecule has 0 bridgehead atoms. The normalized spacial score (nSPS) is 13.5. The number of ether oxygens (including phenoxy) is 1. The molecule has 0 saturated carbocycles. The van der Waals surface area contributed by atoms with Crippen LogP contribution in [0.3, 0.4) is 0 Å². The van der Waals surface area contributed by atoms with Crippen molar-refractivity contribution in [3.8, 4) is 5.75 Å². The zero-order chi connectivity index (χ0) is 18.5. The van der Waals surface area contributed by atoms with Gasteiger partial charge in [-0.3, -0.25) is 9.59 Å². The summed E-state index contributed by atoms with van der Waals surface area (Å²) in [5.74, 6) is -1.13. The minimum atomic E-state index is -0.559. The minimum absolute atomic E-state index is 0.00946. The van der Waals surface area contributed by atoms with Crippen LogP contribution in [0.5, 0.6) is 5.75 Å². The average Bonchev–Trinajstić information content (AvgIpc) is 3.15. The number of anilines is 1. The Morgan fingerprint density at radius 3 is 2.62 bits per heavy atom.